The zero-order chi connectivity index (χ0) is 41.5. The molecule has 7 atom stereocenters. The van der Waals surface area contributed by atoms with E-state index in [-0.39, 0.29) is 11.4 Å². The molecule has 3 aliphatic heterocycles. The molecule has 3 heterocycles. The molecular weight excluding hydrogens is 753 g/mol. The van der Waals surface area contributed by atoms with Gasteiger partial charge in [-0.1, -0.05) is 121 Å². The van der Waals surface area contributed by atoms with E-state index in [9.17, 15) is 19.5 Å². The highest BCUT2D eigenvalue weighted by molar-refractivity contribution is 6.24. The lowest BCUT2D eigenvalue weighted by Crippen LogP contribution is -2.55. The van der Waals surface area contributed by atoms with Crippen LogP contribution in [0.15, 0.2) is 145 Å². The zero-order valence-corrected chi connectivity index (χ0v) is 33.0. The summed E-state index contributed by atoms with van der Waals surface area (Å²) in [5.74, 6) is 2.73. The van der Waals surface area contributed by atoms with Crippen molar-refractivity contribution in [3.05, 3.63) is 178 Å². The van der Waals surface area contributed by atoms with Crippen LogP contribution in [-0.2, 0) is 24.5 Å². The highest BCUT2D eigenvalue weighted by Crippen LogP contribution is 2.65. The second kappa shape index (κ2) is 15.7. The number of allylic oxidation sites excluding steroid dienone is 2. The van der Waals surface area contributed by atoms with Crippen molar-refractivity contribution in [2.24, 2.45) is 11.7 Å². The Morgan fingerprint density at radius 1 is 0.817 bits per heavy atom. The van der Waals surface area contributed by atoms with Gasteiger partial charge in [0.15, 0.2) is 0 Å². The van der Waals surface area contributed by atoms with E-state index in [1.807, 2.05) is 103 Å². The van der Waals surface area contributed by atoms with Gasteiger partial charge in [0.25, 0.3) is 0 Å². The van der Waals surface area contributed by atoms with Crippen LogP contribution in [0.5, 0.6) is 5.75 Å². The van der Waals surface area contributed by atoms with Gasteiger partial charge in [-0.25, -0.2) is 9.69 Å². The fraction of sp³-hybridized carbons (Fsp3) is 0.240. The number of amides is 4. The summed E-state index contributed by atoms with van der Waals surface area (Å²) in [5, 5.41) is 13.6. The van der Waals surface area contributed by atoms with Crippen molar-refractivity contribution in [2.45, 2.75) is 68.3 Å². The SMILES string of the molecule is C[C@@H](NC(=O)N1C(=O)[C@@]2(c3cc(C#CC4=CCCCC4)ccc31)[C@H](c1ccc(O)cc1)N1[C@H](c3ccccc3)[C@H](c3ccccc3)OC(=O)[C@H]1[C@@H]2C(N)=O)c1ccccc1. The van der Waals surface area contributed by atoms with E-state index in [0.717, 1.165) is 47.3 Å². The van der Waals surface area contributed by atoms with Crippen molar-refractivity contribution in [3.63, 3.8) is 0 Å². The minimum Gasteiger partial charge on any atom is -0.508 e. The molecule has 4 aliphatic rings. The Morgan fingerprint density at radius 2 is 1.48 bits per heavy atom. The fourth-order valence-corrected chi connectivity index (χ4v) is 9.85. The van der Waals surface area contributed by atoms with Gasteiger partial charge in [0, 0.05) is 5.56 Å². The van der Waals surface area contributed by atoms with Crippen LogP contribution in [0.3, 0.4) is 0 Å². The molecule has 0 saturated carbocycles. The first-order valence-corrected chi connectivity index (χ1v) is 20.4. The average molecular weight is 797 g/mol. The van der Waals surface area contributed by atoms with E-state index in [4.69, 9.17) is 10.5 Å². The number of phenolic OH excluding ortho intramolecular Hbond substituents is 1. The van der Waals surface area contributed by atoms with Crippen LogP contribution in [-0.4, -0.2) is 39.9 Å². The quantitative estimate of drug-likeness (QED) is 0.117. The number of nitrogens with one attached hydrogen (secondary N) is 1. The lowest BCUT2D eigenvalue weighted by atomic mass is 9.65. The normalized spacial score (nSPS) is 25.0. The van der Waals surface area contributed by atoms with Crippen molar-refractivity contribution in [2.75, 3.05) is 4.90 Å². The number of carbonyl (C=O) groups is 4. The summed E-state index contributed by atoms with van der Waals surface area (Å²) in [4.78, 5) is 63.1. The van der Waals surface area contributed by atoms with Crippen LogP contribution in [0.2, 0.25) is 0 Å². The summed E-state index contributed by atoms with van der Waals surface area (Å²) in [7, 11) is 0. The molecule has 60 heavy (non-hydrogen) atoms. The standard InChI is InChI=1S/C50H44N4O6/c1-31(34-16-8-3-9-17-34)52-49(59)53-40-29-24-33(23-22-32-14-6-2-7-15-32)30-39(40)50(48(53)58)41(46(51)56)43-47(57)60-44(36-20-12-5-13-21-36)42(35-18-10-4-11-19-35)54(43)45(50)37-25-27-38(55)28-26-37/h3-5,8-14,16-21,24-31,41-45,55H,2,6-7,15H2,1H3,(H2,51,56)(H,52,59)/t31-,41-,42-,43-,44+,45+,50-/m1/s1. The van der Waals surface area contributed by atoms with Gasteiger partial charge in [0.1, 0.15) is 23.3 Å². The Hall–Kier alpha value is -6.96. The van der Waals surface area contributed by atoms with Gasteiger partial charge in [-0.05, 0) is 96.3 Å². The predicted octanol–water partition coefficient (Wildman–Crippen LogP) is 7.87. The minimum atomic E-state index is -1.96. The summed E-state index contributed by atoms with van der Waals surface area (Å²) in [6, 6.07) is 35.5. The number of nitrogens with zero attached hydrogens (tertiary/aromatic N) is 2. The molecule has 2 fully saturated rings. The minimum absolute atomic E-state index is 0.0164. The van der Waals surface area contributed by atoms with Crippen molar-refractivity contribution < 1.29 is 29.0 Å². The van der Waals surface area contributed by atoms with E-state index in [2.05, 4.69) is 23.2 Å². The van der Waals surface area contributed by atoms with Crippen molar-refractivity contribution >= 4 is 29.5 Å². The topological polar surface area (TPSA) is 142 Å². The maximum Gasteiger partial charge on any atom is 0.329 e. The molecule has 4 N–H and O–H groups in total. The van der Waals surface area contributed by atoms with Gasteiger partial charge in [-0.3, -0.25) is 19.3 Å². The highest BCUT2D eigenvalue weighted by atomic mass is 16.6. The Bertz CT molecular complexity index is 2570. The van der Waals surface area contributed by atoms with E-state index in [1.54, 1.807) is 30.3 Å². The summed E-state index contributed by atoms with van der Waals surface area (Å²) in [6.45, 7) is 1.83. The molecule has 0 unspecified atom stereocenters. The van der Waals surface area contributed by atoms with Crippen LogP contribution < -0.4 is 16.0 Å². The largest absolute Gasteiger partial charge is 0.508 e. The zero-order valence-electron chi connectivity index (χ0n) is 33.0. The van der Waals surface area contributed by atoms with E-state index >= 15 is 4.79 Å². The number of nitrogens with two attached hydrogens (primary N) is 1. The molecule has 0 bridgehead atoms. The Labute approximate surface area is 348 Å². The van der Waals surface area contributed by atoms with Gasteiger partial charge in [0.2, 0.25) is 11.8 Å². The number of rotatable bonds is 6. The maximum atomic E-state index is 16.1. The number of fused-ring (bicyclic) bond motifs is 3. The monoisotopic (exact) mass is 796 g/mol. The van der Waals surface area contributed by atoms with Crippen molar-refractivity contribution in [3.8, 4) is 17.6 Å². The molecule has 0 aromatic heterocycles. The number of esters is 1. The highest BCUT2D eigenvalue weighted by Gasteiger charge is 2.75. The number of imide groups is 1. The molecule has 2 saturated heterocycles. The number of carbonyl (C=O) groups excluding carboxylic acids is 4. The number of anilines is 1. The number of morpholine rings is 1. The number of ether oxygens (including phenoxy) is 1. The van der Waals surface area contributed by atoms with E-state index < -0.39 is 65.4 Å². The lowest BCUT2D eigenvalue weighted by Gasteiger charge is -2.46. The Kier molecular flexibility index (Phi) is 10.1. The number of cyclic esters (lactones) is 1. The predicted molar refractivity (Wildman–Crippen MR) is 226 cm³/mol. The van der Waals surface area contributed by atoms with Crippen LogP contribution >= 0.6 is 0 Å². The summed E-state index contributed by atoms with van der Waals surface area (Å²) in [5.41, 5.74) is 9.53. The molecule has 10 heteroatoms. The van der Waals surface area contributed by atoms with Crippen LogP contribution in [0.1, 0.15) is 90.2 Å². The number of urea groups is 1. The molecule has 0 radical (unpaired) electrons. The third kappa shape index (κ3) is 6.42. The number of aromatic hydroxyl groups is 1. The first-order valence-electron chi connectivity index (χ1n) is 20.4. The van der Waals surface area contributed by atoms with Crippen LogP contribution in [0.25, 0.3) is 0 Å². The molecule has 10 nitrogen and oxygen atoms in total. The van der Waals surface area contributed by atoms with Gasteiger partial charge in [0.05, 0.1) is 29.7 Å². The molecule has 5 aromatic rings. The van der Waals surface area contributed by atoms with Crippen LogP contribution in [0.4, 0.5) is 10.5 Å². The third-order valence-corrected chi connectivity index (χ3v) is 12.5. The second-order valence-electron chi connectivity index (χ2n) is 15.9. The molecule has 9 rings (SSSR count). The number of hydrogen-bond donors (Lipinski definition) is 3. The summed E-state index contributed by atoms with van der Waals surface area (Å²) in [6.07, 6.45) is 5.24. The fourth-order valence-electron chi connectivity index (χ4n) is 9.85. The first kappa shape index (κ1) is 38.6. The van der Waals surface area contributed by atoms with Crippen LogP contribution in [0, 0.1) is 17.8 Å². The second-order valence-corrected chi connectivity index (χ2v) is 15.9. The summed E-state index contributed by atoms with van der Waals surface area (Å²) < 4.78 is 6.41. The molecule has 5 aromatic carbocycles. The van der Waals surface area contributed by atoms with Gasteiger partial charge in [-0.2, -0.15) is 0 Å². The Balaban J connectivity index is 1.31. The summed E-state index contributed by atoms with van der Waals surface area (Å²) >= 11 is 0. The smallest absolute Gasteiger partial charge is 0.329 e. The molecule has 300 valence electrons. The van der Waals surface area contributed by atoms with Gasteiger partial charge >= 0.3 is 12.0 Å². The lowest BCUT2D eigenvalue weighted by molar-refractivity contribution is -0.178. The molecular formula is C50H44N4O6. The molecule has 4 amide bonds. The maximum absolute atomic E-state index is 16.1. The number of phenols is 1. The van der Waals surface area contributed by atoms with Crippen molar-refractivity contribution in [1.29, 1.82) is 0 Å². The third-order valence-electron chi connectivity index (χ3n) is 12.5. The van der Waals surface area contributed by atoms with Gasteiger partial charge in [-0.15, -0.1) is 0 Å². The molecule has 1 aliphatic carbocycles. The first-order chi connectivity index (χ1) is 29.2. The van der Waals surface area contributed by atoms with Gasteiger partial charge < -0.3 is 20.9 Å². The van der Waals surface area contributed by atoms with E-state index in [1.165, 1.54) is 12.1 Å². The number of primary amides is 1. The molecule has 1 spiro atoms. The van der Waals surface area contributed by atoms with E-state index in [0.29, 0.717) is 22.3 Å². The number of hydrogen-bond acceptors (Lipinski definition) is 7. The average Bonchev–Trinajstić information content (AvgIpc) is 3.73. The van der Waals surface area contributed by atoms with Crippen molar-refractivity contribution in [1.82, 2.24) is 10.2 Å². The number of benzene rings is 5. The Morgan fingerprint density at radius 3 is 2.13 bits per heavy atom.